The summed E-state index contributed by atoms with van der Waals surface area (Å²) in [7, 11) is 0. The van der Waals surface area contributed by atoms with Gasteiger partial charge in [-0.25, -0.2) is 4.79 Å². The Kier molecular flexibility index (Phi) is 3.55. The number of rotatable bonds is 3. The summed E-state index contributed by atoms with van der Waals surface area (Å²) in [4.78, 5) is 11.4. The highest BCUT2D eigenvalue weighted by Crippen LogP contribution is 2.34. The van der Waals surface area contributed by atoms with Crippen molar-refractivity contribution in [3.63, 3.8) is 0 Å². The lowest BCUT2D eigenvalue weighted by Gasteiger charge is -2.32. The molecule has 3 heteroatoms. The van der Waals surface area contributed by atoms with Gasteiger partial charge in [0, 0.05) is 0 Å². The van der Waals surface area contributed by atoms with Gasteiger partial charge < -0.3 is 10.4 Å². The van der Waals surface area contributed by atoms with Crippen LogP contribution in [0.4, 0.5) is 4.79 Å². The Balaban J connectivity index is 2.27. The van der Waals surface area contributed by atoms with Gasteiger partial charge in [0.05, 0.1) is 5.54 Å². The third kappa shape index (κ3) is 2.42. The zero-order chi connectivity index (χ0) is 15.6. The first-order valence-corrected chi connectivity index (χ1v) is 7.16. The van der Waals surface area contributed by atoms with E-state index in [9.17, 15) is 9.90 Å². The molecule has 22 heavy (non-hydrogen) atoms. The Bertz CT molecular complexity index is 809. The van der Waals surface area contributed by atoms with Gasteiger partial charge in [0.15, 0.2) is 0 Å². The van der Waals surface area contributed by atoms with Crippen LogP contribution in [0.2, 0.25) is 0 Å². The molecular weight excluding hydrogens is 274 g/mol. The van der Waals surface area contributed by atoms with E-state index in [1.807, 2.05) is 79.7 Å². The van der Waals surface area contributed by atoms with E-state index in [4.69, 9.17) is 0 Å². The Morgan fingerprint density at radius 3 is 2.27 bits per heavy atom. The number of fused-ring (bicyclic) bond motifs is 1. The summed E-state index contributed by atoms with van der Waals surface area (Å²) >= 11 is 0. The maximum Gasteiger partial charge on any atom is 0.405 e. The fourth-order valence-corrected chi connectivity index (χ4v) is 2.94. The first-order valence-electron chi connectivity index (χ1n) is 7.16. The number of hydrogen-bond acceptors (Lipinski definition) is 1. The summed E-state index contributed by atoms with van der Waals surface area (Å²) in [6.07, 6.45) is -1.04. The lowest BCUT2D eigenvalue weighted by atomic mass is 9.82. The minimum absolute atomic E-state index is 0.812. The lowest BCUT2D eigenvalue weighted by Crippen LogP contribution is -2.43. The van der Waals surface area contributed by atoms with E-state index in [1.54, 1.807) is 0 Å². The van der Waals surface area contributed by atoms with Crippen molar-refractivity contribution in [1.82, 2.24) is 5.32 Å². The monoisotopic (exact) mass is 291 g/mol. The predicted molar refractivity (Wildman–Crippen MR) is 88.0 cm³/mol. The zero-order valence-corrected chi connectivity index (χ0v) is 12.3. The van der Waals surface area contributed by atoms with Crippen molar-refractivity contribution < 1.29 is 9.90 Å². The molecule has 3 aromatic rings. The van der Waals surface area contributed by atoms with Crippen molar-refractivity contribution in [2.75, 3.05) is 0 Å². The van der Waals surface area contributed by atoms with E-state index in [-0.39, 0.29) is 0 Å². The summed E-state index contributed by atoms with van der Waals surface area (Å²) in [5.74, 6) is 0. The highest BCUT2D eigenvalue weighted by molar-refractivity contribution is 5.87. The molecule has 3 nitrogen and oxygen atoms in total. The van der Waals surface area contributed by atoms with Crippen molar-refractivity contribution in [1.29, 1.82) is 0 Å². The van der Waals surface area contributed by atoms with Crippen LogP contribution in [0.5, 0.6) is 0 Å². The molecule has 0 bridgehead atoms. The fraction of sp³-hybridized carbons (Fsp3) is 0.105. The average Bonchev–Trinajstić information content (AvgIpc) is 2.54. The first-order chi connectivity index (χ1) is 10.6. The topological polar surface area (TPSA) is 49.3 Å². The number of benzene rings is 3. The molecule has 0 aromatic heterocycles. The van der Waals surface area contributed by atoms with Gasteiger partial charge in [-0.3, -0.25) is 0 Å². The molecule has 1 unspecified atom stereocenters. The molecule has 1 amide bonds. The minimum Gasteiger partial charge on any atom is -0.465 e. The van der Waals surface area contributed by atoms with Crippen LogP contribution in [0.15, 0.2) is 72.8 Å². The van der Waals surface area contributed by atoms with Crippen LogP contribution >= 0.6 is 0 Å². The summed E-state index contributed by atoms with van der Waals surface area (Å²) < 4.78 is 0. The quantitative estimate of drug-likeness (QED) is 0.752. The van der Waals surface area contributed by atoms with E-state index < -0.39 is 11.6 Å². The van der Waals surface area contributed by atoms with E-state index in [0.29, 0.717) is 0 Å². The molecule has 0 aliphatic rings. The molecule has 1 atom stereocenters. The Morgan fingerprint density at radius 1 is 0.909 bits per heavy atom. The van der Waals surface area contributed by atoms with Crippen molar-refractivity contribution in [3.8, 4) is 0 Å². The summed E-state index contributed by atoms with van der Waals surface area (Å²) in [5.41, 5.74) is 1.04. The molecule has 0 fully saturated rings. The van der Waals surface area contributed by atoms with E-state index in [1.165, 1.54) is 0 Å². The molecule has 0 radical (unpaired) electrons. The van der Waals surface area contributed by atoms with Crippen LogP contribution in [0.25, 0.3) is 10.8 Å². The lowest BCUT2D eigenvalue weighted by molar-refractivity contribution is 0.184. The maximum atomic E-state index is 11.4. The van der Waals surface area contributed by atoms with E-state index >= 15 is 0 Å². The molecule has 110 valence electrons. The van der Waals surface area contributed by atoms with Crippen molar-refractivity contribution in [2.24, 2.45) is 0 Å². The zero-order valence-electron chi connectivity index (χ0n) is 12.3. The van der Waals surface area contributed by atoms with Crippen LogP contribution < -0.4 is 5.32 Å². The third-order valence-corrected chi connectivity index (χ3v) is 4.04. The fourth-order valence-electron chi connectivity index (χ4n) is 2.94. The van der Waals surface area contributed by atoms with Gasteiger partial charge >= 0.3 is 6.09 Å². The van der Waals surface area contributed by atoms with E-state index in [0.717, 1.165) is 21.9 Å². The molecule has 0 heterocycles. The van der Waals surface area contributed by atoms with Crippen LogP contribution in [0.1, 0.15) is 18.1 Å². The molecular formula is C19H17NO2. The van der Waals surface area contributed by atoms with Gasteiger partial charge in [-0.05, 0) is 28.8 Å². The smallest absolute Gasteiger partial charge is 0.405 e. The average molecular weight is 291 g/mol. The largest absolute Gasteiger partial charge is 0.465 e. The molecule has 0 spiro atoms. The Labute approximate surface area is 129 Å². The van der Waals surface area contributed by atoms with Gasteiger partial charge in [0.1, 0.15) is 0 Å². The third-order valence-electron chi connectivity index (χ3n) is 4.04. The number of carbonyl (C=O) groups is 1. The molecule has 0 aliphatic heterocycles. The Morgan fingerprint density at radius 2 is 1.55 bits per heavy atom. The van der Waals surface area contributed by atoms with Crippen LogP contribution in [0.3, 0.4) is 0 Å². The van der Waals surface area contributed by atoms with Gasteiger partial charge in [0.25, 0.3) is 0 Å². The van der Waals surface area contributed by atoms with Crippen molar-refractivity contribution >= 4 is 16.9 Å². The van der Waals surface area contributed by atoms with Crippen LogP contribution in [0, 0.1) is 0 Å². The number of nitrogens with one attached hydrogen (secondary N) is 1. The molecule has 0 saturated heterocycles. The standard InChI is InChI=1S/C19H17NO2/c1-19(20-18(21)22,15-10-3-2-4-11-15)17-13-7-9-14-8-5-6-12-16(14)17/h2-13,20H,1H3,(H,21,22). The second-order valence-electron chi connectivity index (χ2n) is 5.45. The molecule has 0 saturated carbocycles. The van der Waals surface area contributed by atoms with Gasteiger partial charge in [0.2, 0.25) is 0 Å². The predicted octanol–water partition coefficient (Wildman–Crippen LogP) is 4.37. The van der Waals surface area contributed by atoms with Gasteiger partial charge in [-0.1, -0.05) is 72.8 Å². The molecule has 3 rings (SSSR count). The maximum absolute atomic E-state index is 11.4. The molecule has 0 aliphatic carbocycles. The normalized spacial score (nSPS) is 13.5. The number of hydrogen-bond donors (Lipinski definition) is 2. The van der Waals surface area contributed by atoms with Gasteiger partial charge in [-0.2, -0.15) is 0 Å². The number of amides is 1. The van der Waals surface area contributed by atoms with Crippen LogP contribution in [-0.2, 0) is 5.54 Å². The van der Waals surface area contributed by atoms with E-state index in [2.05, 4.69) is 5.32 Å². The van der Waals surface area contributed by atoms with Gasteiger partial charge in [-0.15, -0.1) is 0 Å². The van der Waals surface area contributed by atoms with Crippen LogP contribution in [-0.4, -0.2) is 11.2 Å². The first kappa shape index (κ1) is 14.1. The Hall–Kier alpha value is -2.81. The van der Waals surface area contributed by atoms with Crippen molar-refractivity contribution in [3.05, 3.63) is 83.9 Å². The SMILES string of the molecule is CC(NC(=O)O)(c1ccccc1)c1cccc2ccccc12. The second kappa shape index (κ2) is 5.53. The molecule has 3 aromatic carbocycles. The summed E-state index contributed by atoms with van der Waals surface area (Å²) in [6.45, 7) is 1.90. The summed E-state index contributed by atoms with van der Waals surface area (Å²) in [5, 5.41) is 14.2. The highest BCUT2D eigenvalue weighted by Gasteiger charge is 2.32. The summed E-state index contributed by atoms with van der Waals surface area (Å²) in [6, 6.07) is 23.6. The minimum atomic E-state index is -1.04. The highest BCUT2D eigenvalue weighted by atomic mass is 16.4. The molecule has 2 N–H and O–H groups in total. The second-order valence-corrected chi connectivity index (χ2v) is 5.45. The number of carboxylic acid groups (broad SMARTS) is 1. The van der Waals surface area contributed by atoms with Crippen molar-refractivity contribution in [2.45, 2.75) is 12.5 Å².